The maximum Gasteiger partial charge on any atom is 0.329 e. The lowest BCUT2D eigenvalue weighted by Crippen LogP contribution is -2.32. The summed E-state index contributed by atoms with van der Waals surface area (Å²) in [6, 6.07) is 0. The van der Waals surface area contributed by atoms with Crippen molar-refractivity contribution in [3.05, 3.63) is 26.7 Å². The van der Waals surface area contributed by atoms with E-state index in [9.17, 15) is 9.59 Å². The fourth-order valence-electron chi connectivity index (χ4n) is 1.95. The Kier molecular flexibility index (Phi) is 3.33. The quantitative estimate of drug-likeness (QED) is 0.757. The summed E-state index contributed by atoms with van der Waals surface area (Å²) in [5.41, 5.74) is -0.146. The number of hydrogen-bond donors (Lipinski definition) is 2. The lowest BCUT2D eigenvalue weighted by Gasteiger charge is -2.06. The highest BCUT2D eigenvalue weighted by Crippen LogP contribution is 2.10. The van der Waals surface area contributed by atoms with Crippen molar-refractivity contribution < 1.29 is 5.11 Å². The van der Waals surface area contributed by atoms with Crippen molar-refractivity contribution >= 4 is 11.2 Å². The van der Waals surface area contributed by atoms with E-state index in [1.54, 1.807) is 4.57 Å². The van der Waals surface area contributed by atoms with Gasteiger partial charge in [-0.3, -0.25) is 14.3 Å². The van der Waals surface area contributed by atoms with Crippen LogP contribution in [-0.4, -0.2) is 30.8 Å². The van der Waals surface area contributed by atoms with Crippen LogP contribution in [0.2, 0.25) is 0 Å². The van der Waals surface area contributed by atoms with E-state index in [2.05, 4.69) is 9.97 Å². The summed E-state index contributed by atoms with van der Waals surface area (Å²) in [6.07, 6.45) is 1.21. The molecule has 0 aliphatic rings. The molecule has 0 aliphatic carbocycles. The number of aliphatic hydroxyl groups excluding tert-OH is 1. The molecule has 2 aromatic rings. The number of aromatic nitrogens is 4. The average Bonchev–Trinajstić information content (AvgIpc) is 2.71. The molecule has 2 aromatic heterocycles. The third-order valence-electron chi connectivity index (χ3n) is 2.94. The number of imidazole rings is 1. The molecular weight excluding hydrogens is 236 g/mol. The Hall–Kier alpha value is -1.89. The molecule has 0 atom stereocenters. The Morgan fingerprint density at radius 1 is 1.39 bits per heavy atom. The summed E-state index contributed by atoms with van der Waals surface area (Å²) in [5, 5.41) is 8.88. The second kappa shape index (κ2) is 4.77. The molecule has 0 aliphatic heterocycles. The van der Waals surface area contributed by atoms with Gasteiger partial charge < -0.3 is 9.67 Å². The summed E-state index contributed by atoms with van der Waals surface area (Å²) in [7, 11) is 1.42. The van der Waals surface area contributed by atoms with Gasteiger partial charge in [0.05, 0.1) is 0 Å². The van der Waals surface area contributed by atoms with E-state index in [4.69, 9.17) is 5.11 Å². The largest absolute Gasteiger partial charge is 0.396 e. The molecule has 0 unspecified atom stereocenters. The molecule has 18 heavy (non-hydrogen) atoms. The van der Waals surface area contributed by atoms with Crippen molar-refractivity contribution in [1.82, 2.24) is 19.1 Å². The standard InChI is InChI=1S/C11H16N4O3/c1-3-7-12-8-9(15(7)5-4-6-16)13-11(18)14(2)10(8)17/h16H,3-6H2,1-2H3,(H,13,18). The van der Waals surface area contributed by atoms with Crippen LogP contribution >= 0.6 is 0 Å². The fraction of sp³-hybridized carbons (Fsp3) is 0.545. The number of fused-ring (bicyclic) bond motifs is 1. The number of aliphatic hydroxyl groups is 1. The van der Waals surface area contributed by atoms with Crippen molar-refractivity contribution in [2.45, 2.75) is 26.3 Å². The predicted octanol–water partition coefficient (Wildman–Crippen LogP) is -0.632. The van der Waals surface area contributed by atoms with E-state index in [0.29, 0.717) is 25.0 Å². The van der Waals surface area contributed by atoms with Gasteiger partial charge in [0.25, 0.3) is 5.56 Å². The smallest absolute Gasteiger partial charge is 0.329 e. The predicted molar refractivity (Wildman–Crippen MR) is 66.7 cm³/mol. The number of nitrogens with zero attached hydrogens (tertiary/aromatic N) is 3. The van der Waals surface area contributed by atoms with Gasteiger partial charge in [0, 0.05) is 26.6 Å². The maximum atomic E-state index is 11.9. The number of aryl methyl sites for hydroxylation is 2. The van der Waals surface area contributed by atoms with E-state index in [-0.39, 0.29) is 12.1 Å². The van der Waals surface area contributed by atoms with E-state index >= 15 is 0 Å². The topological polar surface area (TPSA) is 92.9 Å². The molecule has 98 valence electrons. The van der Waals surface area contributed by atoms with Gasteiger partial charge in [-0.1, -0.05) is 6.92 Å². The van der Waals surface area contributed by atoms with E-state index < -0.39 is 11.2 Å². The summed E-state index contributed by atoms with van der Waals surface area (Å²) in [5.74, 6) is 0.734. The Balaban J connectivity index is 2.75. The average molecular weight is 252 g/mol. The SMILES string of the molecule is CCc1nc2c(=O)n(C)c(=O)[nH]c2n1CCCO. The zero-order valence-electron chi connectivity index (χ0n) is 10.4. The first-order valence-corrected chi connectivity index (χ1v) is 5.89. The first-order valence-electron chi connectivity index (χ1n) is 5.89. The third kappa shape index (κ3) is 1.86. The zero-order chi connectivity index (χ0) is 13.3. The van der Waals surface area contributed by atoms with Crippen LogP contribution < -0.4 is 11.2 Å². The van der Waals surface area contributed by atoms with Gasteiger partial charge in [0.2, 0.25) is 0 Å². The molecule has 2 heterocycles. The molecule has 0 aromatic carbocycles. The minimum atomic E-state index is -0.458. The molecule has 0 amide bonds. The molecule has 0 radical (unpaired) electrons. The van der Waals surface area contributed by atoms with Gasteiger partial charge in [-0.2, -0.15) is 0 Å². The van der Waals surface area contributed by atoms with Gasteiger partial charge in [-0.15, -0.1) is 0 Å². The molecule has 7 heteroatoms. The molecule has 2 rings (SSSR count). The highest BCUT2D eigenvalue weighted by atomic mass is 16.3. The van der Waals surface area contributed by atoms with Crippen molar-refractivity contribution in [2.24, 2.45) is 7.05 Å². The number of nitrogens with one attached hydrogen (secondary N) is 1. The molecule has 0 fully saturated rings. The van der Waals surface area contributed by atoms with Crippen molar-refractivity contribution in [3.63, 3.8) is 0 Å². The number of H-pyrrole nitrogens is 1. The number of aromatic amines is 1. The Morgan fingerprint density at radius 2 is 2.11 bits per heavy atom. The van der Waals surface area contributed by atoms with Gasteiger partial charge in [0.1, 0.15) is 11.5 Å². The summed E-state index contributed by atoms with van der Waals surface area (Å²) < 4.78 is 2.79. The monoisotopic (exact) mass is 252 g/mol. The summed E-state index contributed by atoms with van der Waals surface area (Å²) >= 11 is 0. The first kappa shape index (κ1) is 12.6. The fourth-order valence-corrected chi connectivity index (χ4v) is 1.95. The van der Waals surface area contributed by atoms with Gasteiger partial charge in [0.15, 0.2) is 5.52 Å². The first-order chi connectivity index (χ1) is 8.60. The van der Waals surface area contributed by atoms with E-state index in [1.165, 1.54) is 7.05 Å². The Labute approximate surface area is 103 Å². The minimum absolute atomic E-state index is 0.0535. The molecule has 2 N–H and O–H groups in total. The normalized spacial score (nSPS) is 11.3. The lowest BCUT2D eigenvalue weighted by atomic mass is 10.4. The van der Waals surface area contributed by atoms with Gasteiger partial charge in [-0.25, -0.2) is 9.78 Å². The maximum absolute atomic E-state index is 11.9. The highest BCUT2D eigenvalue weighted by molar-refractivity contribution is 5.70. The molecule has 0 bridgehead atoms. The highest BCUT2D eigenvalue weighted by Gasteiger charge is 2.14. The minimum Gasteiger partial charge on any atom is -0.396 e. The Morgan fingerprint density at radius 3 is 2.72 bits per heavy atom. The second-order valence-corrected chi connectivity index (χ2v) is 4.10. The Bertz CT molecular complexity index is 680. The molecule has 7 nitrogen and oxygen atoms in total. The molecule has 0 spiro atoms. The van der Waals surface area contributed by atoms with Gasteiger partial charge in [-0.05, 0) is 6.42 Å². The van der Waals surface area contributed by atoms with Crippen LogP contribution in [0.1, 0.15) is 19.2 Å². The zero-order valence-corrected chi connectivity index (χ0v) is 10.4. The van der Waals surface area contributed by atoms with Crippen molar-refractivity contribution in [3.8, 4) is 0 Å². The van der Waals surface area contributed by atoms with Crippen LogP contribution in [0.3, 0.4) is 0 Å². The number of hydrogen-bond acceptors (Lipinski definition) is 4. The number of rotatable bonds is 4. The molecular formula is C11H16N4O3. The second-order valence-electron chi connectivity index (χ2n) is 4.10. The van der Waals surface area contributed by atoms with Crippen LogP contribution in [0.5, 0.6) is 0 Å². The third-order valence-corrected chi connectivity index (χ3v) is 2.94. The van der Waals surface area contributed by atoms with E-state index in [1.807, 2.05) is 6.92 Å². The van der Waals surface area contributed by atoms with Gasteiger partial charge >= 0.3 is 5.69 Å². The van der Waals surface area contributed by atoms with Crippen LogP contribution in [-0.2, 0) is 20.0 Å². The lowest BCUT2D eigenvalue weighted by molar-refractivity contribution is 0.279. The van der Waals surface area contributed by atoms with E-state index in [0.717, 1.165) is 10.4 Å². The van der Waals surface area contributed by atoms with Crippen LogP contribution in [0.25, 0.3) is 11.2 Å². The molecule has 0 saturated carbocycles. The molecule has 0 saturated heterocycles. The van der Waals surface area contributed by atoms with Crippen LogP contribution in [0.15, 0.2) is 9.59 Å². The summed E-state index contributed by atoms with van der Waals surface area (Å²) in [4.78, 5) is 30.4. The van der Waals surface area contributed by atoms with Crippen LogP contribution in [0.4, 0.5) is 0 Å². The van der Waals surface area contributed by atoms with Crippen molar-refractivity contribution in [1.29, 1.82) is 0 Å². The van der Waals surface area contributed by atoms with Crippen LogP contribution in [0, 0.1) is 0 Å². The van der Waals surface area contributed by atoms with Crippen molar-refractivity contribution in [2.75, 3.05) is 6.61 Å². The summed E-state index contributed by atoms with van der Waals surface area (Å²) in [6.45, 7) is 2.51.